The Bertz CT molecular complexity index is 281. The molecule has 0 saturated carbocycles. The van der Waals surface area contributed by atoms with Gasteiger partial charge < -0.3 is 0 Å². The Morgan fingerprint density at radius 2 is 2.08 bits per heavy atom. The summed E-state index contributed by atoms with van der Waals surface area (Å²) >= 11 is 1.66. The van der Waals surface area contributed by atoms with Crippen molar-refractivity contribution in [3.05, 3.63) is 29.8 Å². The van der Waals surface area contributed by atoms with Gasteiger partial charge in [0.05, 0.1) is 12.0 Å². The maximum atomic E-state index is 9.54. The van der Waals surface area contributed by atoms with Crippen LogP contribution >= 0.6 is 11.8 Å². The van der Waals surface area contributed by atoms with E-state index in [0.29, 0.717) is 12.2 Å². The topological polar surface area (TPSA) is 21.4 Å². The van der Waals surface area contributed by atoms with E-state index < -0.39 is 0 Å². The van der Waals surface area contributed by atoms with Gasteiger partial charge in [-0.25, -0.2) is 0 Å². The molecule has 0 bridgehead atoms. The van der Waals surface area contributed by atoms with Crippen molar-refractivity contribution >= 4 is 17.5 Å². The lowest BCUT2D eigenvalue weighted by Gasteiger charge is -1.99. The summed E-state index contributed by atoms with van der Waals surface area (Å²) in [5.74, 6) is 0.472. The first-order chi connectivity index (χ1) is 5.79. The predicted octanol–water partition coefficient (Wildman–Crippen LogP) is 2.71. The molecule has 12 heavy (non-hydrogen) atoms. The van der Waals surface area contributed by atoms with E-state index in [1.807, 2.05) is 37.4 Å². The lowest BCUT2D eigenvalue weighted by molar-refractivity contribution is 0.663. The molecule has 0 radical (unpaired) electrons. The molecule has 2 heteroatoms. The van der Waals surface area contributed by atoms with Crippen LogP contribution in [0.4, 0.5) is 0 Å². The summed E-state index contributed by atoms with van der Waals surface area (Å²) in [7, 11) is 0. The van der Waals surface area contributed by atoms with Gasteiger partial charge in [0.25, 0.3) is 0 Å². The van der Waals surface area contributed by atoms with Gasteiger partial charge >= 0.3 is 5.78 Å². The first-order valence-electron chi connectivity index (χ1n) is 3.97. The summed E-state index contributed by atoms with van der Waals surface area (Å²) in [6.07, 6.45) is 2.71. The Morgan fingerprint density at radius 3 is 2.67 bits per heavy atom. The molecule has 0 fully saturated rings. The summed E-state index contributed by atoms with van der Waals surface area (Å²) in [5, 5.41) is 0. The largest absolute Gasteiger partial charge is 0.324 e. The SMILES string of the molecule is CCC(=[OH+])c1ccccc1SC. The number of hydrogen-bond donors (Lipinski definition) is 0. The summed E-state index contributed by atoms with van der Waals surface area (Å²) in [6.45, 7) is 1.95. The molecule has 0 spiro atoms. The molecule has 0 saturated heterocycles. The van der Waals surface area contributed by atoms with E-state index >= 15 is 0 Å². The van der Waals surface area contributed by atoms with Crippen molar-refractivity contribution in [2.75, 3.05) is 6.26 Å². The summed E-state index contributed by atoms with van der Waals surface area (Å²) < 4.78 is 0. The van der Waals surface area contributed by atoms with E-state index in [0.717, 1.165) is 10.5 Å². The van der Waals surface area contributed by atoms with Gasteiger partial charge in [0, 0.05) is 4.90 Å². The van der Waals surface area contributed by atoms with E-state index in [1.165, 1.54) is 0 Å². The van der Waals surface area contributed by atoms with Crippen molar-refractivity contribution < 1.29 is 4.79 Å². The van der Waals surface area contributed by atoms with Crippen molar-refractivity contribution in [2.24, 2.45) is 0 Å². The van der Waals surface area contributed by atoms with Gasteiger partial charge in [-0.1, -0.05) is 19.1 Å². The molecular weight excluding hydrogens is 168 g/mol. The van der Waals surface area contributed by atoms with Crippen LogP contribution in [0.2, 0.25) is 0 Å². The molecule has 1 aromatic rings. The molecule has 0 heterocycles. The predicted molar refractivity (Wildman–Crippen MR) is 54.6 cm³/mol. The molecule has 1 rings (SSSR count). The molecule has 0 aromatic heterocycles. The van der Waals surface area contributed by atoms with Gasteiger partial charge in [0.15, 0.2) is 0 Å². The number of ketones is 1. The van der Waals surface area contributed by atoms with E-state index in [2.05, 4.69) is 0 Å². The van der Waals surface area contributed by atoms with Gasteiger partial charge in [0.2, 0.25) is 0 Å². The van der Waals surface area contributed by atoms with Crippen LogP contribution in [0, 0.1) is 0 Å². The third kappa shape index (κ3) is 1.89. The minimum atomic E-state index is 0.472. The second-order valence-electron chi connectivity index (χ2n) is 2.50. The number of benzene rings is 1. The second kappa shape index (κ2) is 4.31. The molecule has 64 valence electrons. The Kier molecular flexibility index (Phi) is 3.35. The van der Waals surface area contributed by atoms with Crippen LogP contribution < -0.4 is 0 Å². The first-order valence-corrected chi connectivity index (χ1v) is 5.20. The van der Waals surface area contributed by atoms with Crippen molar-refractivity contribution in [1.82, 2.24) is 0 Å². The van der Waals surface area contributed by atoms with Gasteiger partial charge in [-0.05, 0) is 18.4 Å². The smallest absolute Gasteiger partial charge is 0.278 e. The van der Waals surface area contributed by atoms with Gasteiger partial charge in [-0.15, -0.1) is 11.8 Å². The van der Waals surface area contributed by atoms with Crippen LogP contribution in [-0.2, 0) is 0 Å². The molecule has 0 aliphatic carbocycles. The fourth-order valence-electron chi connectivity index (χ4n) is 1.07. The summed E-state index contributed by atoms with van der Waals surface area (Å²) in [4.78, 5) is 10.7. The zero-order chi connectivity index (χ0) is 8.97. The average molecular weight is 181 g/mol. The highest BCUT2D eigenvalue weighted by Crippen LogP contribution is 2.20. The maximum absolute atomic E-state index is 9.54. The van der Waals surface area contributed by atoms with Gasteiger partial charge in [-0.2, -0.15) is 0 Å². The van der Waals surface area contributed by atoms with Gasteiger partial charge in [-0.3, -0.25) is 4.79 Å². The molecule has 0 unspecified atom stereocenters. The fourth-order valence-corrected chi connectivity index (χ4v) is 1.69. The van der Waals surface area contributed by atoms with E-state index in [1.54, 1.807) is 11.8 Å². The zero-order valence-corrected chi connectivity index (χ0v) is 8.19. The van der Waals surface area contributed by atoms with Crippen LogP contribution in [0.25, 0.3) is 0 Å². The van der Waals surface area contributed by atoms with E-state index in [9.17, 15) is 4.79 Å². The van der Waals surface area contributed by atoms with Crippen LogP contribution in [0.1, 0.15) is 18.9 Å². The van der Waals surface area contributed by atoms with E-state index in [4.69, 9.17) is 0 Å². The highest BCUT2D eigenvalue weighted by molar-refractivity contribution is 7.98. The minimum Gasteiger partial charge on any atom is -0.278 e. The number of carbonyl (C=O) groups excluding carboxylic acids is 1. The average Bonchev–Trinajstić information content (AvgIpc) is 2.16. The monoisotopic (exact) mass is 181 g/mol. The van der Waals surface area contributed by atoms with Crippen LogP contribution in [0.15, 0.2) is 29.2 Å². The summed E-state index contributed by atoms with van der Waals surface area (Å²) in [6, 6.07) is 7.90. The molecule has 0 amide bonds. The Hall–Kier alpha value is -0.760. The Morgan fingerprint density at radius 1 is 1.42 bits per heavy atom. The Balaban J connectivity index is 3.04. The first kappa shape index (κ1) is 9.33. The maximum Gasteiger partial charge on any atom is 0.324 e. The normalized spacial score (nSPS) is 9.83. The molecule has 0 aliphatic rings. The Labute approximate surface area is 77.2 Å². The standard InChI is InChI=1S/C10H12OS/c1-3-9(11)8-6-4-5-7-10(8)12-2/h4-7H,3H2,1-2H3/p+1. The highest BCUT2D eigenvalue weighted by Gasteiger charge is 2.12. The lowest BCUT2D eigenvalue weighted by atomic mass is 10.1. The van der Waals surface area contributed by atoms with Gasteiger partial charge in [0.1, 0.15) is 0 Å². The second-order valence-corrected chi connectivity index (χ2v) is 3.35. The zero-order valence-electron chi connectivity index (χ0n) is 7.37. The van der Waals surface area contributed by atoms with Crippen molar-refractivity contribution in [2.45, 2.75) is 18.2 Å². The highest BCUT2D eigenvalue weighted by atomic mass is 32.2. The lowest BCUT2D eigenvalue weighted by Crippen LogP contribution is -1.99. The third-order valence-electron chi connectivity index (χ3n) is 1.75. The molecular formula is C10H13OS+. The van der Waals surface area contributed by atoms with Crippen LogP contribution in [0.3, 0.4) is 0 Å². The quantitative estimate of drug-likeness (QED) is 0.399. The molecule has 1 nitrogen and oxygen atoms in total. The third-order valence-corrected chi connectivity index (χ3v) is 2.55. The van der Waals surface area contributed by atoms with Crippen molar-refractivity contribution in [3.8, 4) is 0 Å². The number of rotatable bonds is 3. The molecule has 0 aliphatic heterocycles. The molecule has 0 atom stereocenters. The minimum absolute atomic E-state index is 0.472. The van der Waals surface area contributed by atoms with Crippen LogP contribution in [-0.4, -0.2) is 16.8 Å². The van der Waals surface area contributed by atoms with Crippen molar-refractivity contribution in [1.29, 1.82) is 0 Å². The summed E-state index contributed by atoms with van der Waals surface area (Å²) in [5.41, 5.74) is 0.965. The van der Waals surface area contributed by atoms with Crippen molar-refractivity contribution in [3.63, 3.8) is 0 Å². The molecule has 1 N–H and O–H groups in total. The molecule has 1 aromatic carbocycles. The number of hydrogen-bond acceptors (Lipinski definition) is 1. The number of thioether (sulfide) groups is 1. The van der Waals surface area contributed by atoms with E-state index in [-0.39, 0.29) is 0 Å². The van der Waals surface area contributed by atoms with Crippen LogP contribution in [0.5, 0.6) is 0 Å². The fraction of sp³-hybridized carbons (Fsp3) is 0.300.